The van der Waals surface area contributed by atoms with E-state index in [0.29, 0.717) is 25.7 Å². The van der Waals surface area contributed by atoms with Crippen LogP contribution in [0.2, 0.25) is 0 Å². The van der Waals surface area contributed by atoms with Crippen LogP contribution in [0, 0.1) is 11.8 Å². The summed E-state index contributed by atoms with van der Waals surface area (Å²) in [6, 6.07) is -1.71. The maximum atomic E-state index is 11.7. The first-order chi connectivity index (χ1) is 20.9. The van der Waals surface area contributed by atoms with Crippen LogP contribution < -0.4 is 80.0 Å². The van der Waals surface area contributed by atoms with E-state index >= 15 is 0 Å². The van der Waals surface area contributed by atoms with Crippen LogP contribution in [0.1, 0.15) is 183 Å². The molecule has 0 saturated carbocycles. The second-order valence-electron chi connectivity index (χ2n) is 13.3. The number of nitrogens with one attached hydrogen (secondary N) is 2. The molecule has 8 nitrogen and oxygen atoms in total. The predicted molar refractivity (Wildman–Crippen MR) is 176 cm³/mol. The van der Waals surface area contributed by atoms with E-state index in [0.717, 1.165) is 38.5 Å². The summed E-state index contributed by atoms with van der Waals surface area (Å²) in [5.74, 6) is -2.27. The monoisotopic (exact) mass is 670 g/mol. The second-order valence-corrected chi connectivity index (χ2v) is 13.3. The van der Waals surface area contributed by atoms with Crippen LogP contribution in [0.15, 0.2) is 0 Å². The molecule has 2 amide bonds. The van der Waals surface area contributed by atoms with E-state index in [1.807, 2.05) is 27.7 Å². The standard InChI is InChI=1S/2C18H35NO3.2Na/c2*1-4-5-6-7-8-9-10-11-12-13-17(20)19-16(18(21)22)14-15(2)3;;/h2*15-16H,4-14H2,1-3H3,(H,19,20)(H,21,22);;/q;;2*+1/p-2/t2*16-;;/m00../s1. The third-order valence-corrected chi connectivity index (χ3v) is 7.67. The number of aliphatic carboxylic acids is 2. The van der Waals surface area contributed by atoms with Gasteiger partial charge in [-0.3, -0.25) is 9.59 Å². The zero-order valence-corrected chi connectivity index (χ0v) is 35.3. The van der Waals surface area contributed by atoms with Crippen LogP contribution in [-0.4, -0.2) is 35.8 Å². The van der Waals surface area contributed by atoms with Crippen LogP contribution >= 0.6 is 0 Å². The van der Waals surface area contributed by atoms with Gasteiger partial charge in [0.15, 0.2) is 0 Å². The average Bonchev–Trinajstić information content (AvgIpc) is 2.94. The molecule has 0 radical (unpaired) electrons. The van der Waals surface area contributed by atoms with Crippen molar-refractivity contribution >= 4 is 23.8 Å². The quantitative estimate of drug-likeness (QED) is 0.0913. The van der Waals surface area contributed by atoms with E-state index in [-0.39, 0.29) is 82.8 Å². The number of rotatable bonds is 28. The molecule has 2 N–H and O–H groups in total. The Labute approximate surface area is 327 Å². The normalized spacial score (nSPS) is 11.8. The maximum Gasteiger partial charge on any atom is 1.00 e. The van der Waals surface area contributed by atoms with E-state index < -0.39 is 24.0 Å². The Hall–Kier alpha value is -0.120. The second kappa shape index (κ2) is 37.7. The minimum Gasteiger partial charge on any atom is -0.548 e. The van der Waals surface area contributed by atoms with Crippen molar-refractivity contribution in [3.63, 3.8) is 0 Å². The van der Waals surface area contributed by atoms with Crippen molar-refractivity contribution < 1.29 is 88.5 Å². The summed E-state index contributed by atoms with van der Waals surface area (Å²) in [4.78, 5) is 45.4. The molecule has 0 aromatic heterocycles. The van der Waals surface area contributed by atoms with E-state index in [9.17, 15) is 29.4 Å². The zero-order chi connectivity index (χ0) is 33.6. The number of carboxylic acid groups (broad SMARTS) is 2. The fourth-order valence-electron chi connectivity index (χ4n) is 5.10. The summed E-state index contributed by atoms with van der Waals surface area (Å²) in [5.41, 5.74) is 0. The Bertz CT molecular complexity index is 677. The minimum atomic E-state index is -1.19. The molecule has 0 aliphatic heterocycles. The van der Waals surface area contributed by atoms with Gasteiger partial charge in [-0.2, -0.15) is 0 Å². The average molecular weight is 671 g/mol. The van der Waals surface area contributed by atoms with Crippen molar-refractivity contribution in [1.29, 1.82) is 0 Å². The minimum absolute atomic E-state index is 0. The van der Waals surface area contributed by atoms with Gasteiger partial charge in [0.05, 0.1) is 24.0 Å². The maximum absolute atomic E-state index is 11.7. The molecule has 0 bridgehead atoms. The SMILES string of the molecule is CCCCCCCCCCCC(=O)N[C@@H](CC(C)C)C(=O)[O-].CCCCCCCCCCCC(=O)N[C@@H](CC(C)C)C(=O)[O-].[Na+].[Na+]. The summed E-state index contributed by atoms with van der Waals surface area (Å²) in [5, 5.41) is 27.1. The number of hydrogen-bond donors (Lipinski definition) is 2. The topological polar surface area (TPSA) is 138 Å². The van der Waals surface area contributed by atoms with E-state index in [2.05, 4.69) is 24.5 Å². The summed E-state index contributed by atoms with van der Waals surface area (Å²) >= 11 is 0. The Balaban J connectivity index is -0.000000367. The predicted octanol–water partition coefficient (Wildman–Crippen LogP) is 0.384. The third kappa shape index (κ3) is 38.3. The Morgan fingerprint density at radius 3 is 0.913 bits per heavy atom. The first-order valence-electron chi connectivity index (χ1n) is 17.9. The number of hydrogen-bond acceptors (Lipinski definition) is 6. The van der Waals surface area contributed by atoms with E-state index in [1.54, 1.807) is 0 Å². The molecular formula is C36H68N2Na2O6. The Morgan fingerprint density at radius 1 is 0.457 bits per heavy atom. The summed E-state index contributed by atoms with van der Waals surface area (Å²) in [7, 11) is 0. The molecule has 10 heteroatoms. The van der Waals surface area contributed by atoms with Crippen LogP contribution in [0.4, 0.5) is 0 Å². The first-order valence-corrected chi connectivity index (χ1v) is 17.9. The van der Waals surface area contributed by atoms with Crippen molar-refractivity contribution in [2.24, 2.45) is 11.8 Å². The van der Waals surface area contributed by atoms with Gasteiger partial charge < -0.3 is 30.4 Å². The van der Waals surface area contributed by atoms with Crippen LogP contribution in [0.5, 0.6) is 0 Å². The van der Waals surface area contributed by atoms with Crippen molar-refractivity contribution in [2.45, 2.75) is 195 Å². The summed E-state index contributed by atoms with van der Waals surface area (Å²) in [6.07, 6.45) is 23.3. The Kier molecular flexibility index (Phi) is 43.2. The first kappa shape index (κ1) is 52.7. The number of carboxylic acids is 2. The van der Waals surface area contributed by atoms with Gasteiger partial charge in [-0.05, 0) is 37.5 Å². The molecule has 0 rings (SSSR count). The van der Waals surface area contributed by atoms with Gasteiger partial charge in [0.25, 0.3) is 0 Å². The van der Waals surface area contributed by atoms with E-state index in [1.165, 1.54) is 77.0 Å². The van der Waals surface area contributed by atoms with Gasteiger partial charge in [0, 0.05) is 12.8 Å². The number of carbonyl (C=O) groups excluding carboxylic acids is 4. The number of unbranched alkanes of at least 4 members (excludes halogenated alkanes) is 16. The van der Waals surface area contributed by atoms with Gasteiger partial charge >= 0.3 is 59.1 Å². The van der Waals surface area contributed by atoms with Gasteiger partial charge in [-0.1, -0.05) is 144 Å². The number of amides is 2. The largest absolute Gasteiger partial charge is 1.00 e. The van der Waals surface area contributed by atoms with Crippen LogP contribution in [0.25, 0.3) is 0 Å². The molecule has 0 aliphatic carbocycles. The number of carbonyl (C=O) groups is 4. The molecule has 0 spiro atoms. The molecular weight excluding hydrogens is 602 g/mol. The fraction of sp³-hybridized carbons (Fsp3) is 0.889. The molecule has 0 unspecified atom stereocenters. The molecule has 0 aromatic rings. The van der Waals surface area contributed by atoms with Crippen LogP contribution in [-0.2, 0) is 19.2 Å². The van der Waals surface area contributed by atoms with Crippen molar-refractivity contribution in [3.8, 4) is 0 Å². The molecule has 46 heavy (non-hydrogen) atoms. The van der Waals surface area contributed by atoms with Crippen molar-refractivity contribution in [1.82, 2.24) is 10.6 Å². The molecule has 260 valence electrons. The Morgan fingerprint density at radius 2 is 0.696 bits per heavy atom. The van der Waals surface area contributed by atoms with Gasteiger partial charge in [-0.15, -0.1) is 0 Å². The van der Waals surface area contributed by atoms with Gasteiger partial charge in [0.1, 0.15) is 0 Å². The van der Waals surface area contributed by atoms with E-state index in [4.69, 9.17) is 0 Å². The smallest absolute Gasteiger partial charge is 0.548 e. The molecule has 0 aliphatic rings. The summed E-state index contributed by atoms with van der Waals surface area (Å²) < 4.78 is 0. The van der Waals surface area contributed by atoms with Gasteiger partial charge in [0.2, 0.25) is 11.8 Å². The van der Waals surface area contributed by atoms with Gasteiger partial charge in [-0.25, -0.2) is 0 Å². The molecule has 0 heterocycles. The molecule has 0 aromatic carbocycles. The molecule has 0 saturated heterocycles. The van der Waals surface area contributed by atoms with Crippen molar-refractivity contribution in [3.05, 3.63) is 0 Å². The van der Waals surface area contributed by atoms with Crippen LogP contribution in [0.3, 0.4) is 0 Å². The molecule has 0 fully saturated rings. The third-order valence-electron chi connectivity index (χ3n) is 7.67. The summed E-state index contributed by atoms with van der Waals surface area (Å²) in [6.45, 7) is 12.2. The zero-order valence-electron chi connectivity index (χ0n) is 31.3. The fourth-order valence-corrected chi connectivity index (χ4v) is 5.10. The van der Waals surface area contributed by atoms with Crippen molar-refractivity contribution in [2.75, 3.05) is 0 Å². The molecule has 2 atom stereocenters.